The predicted molar refractivity (Wildman–Crippen MR) is 146 cm³/mol. The normalized spacial score (nSPS) is 13.6. The Bertz CT molecular complexity index is 1090. The van der Waals surface area contributed by atoms with Crippen molar-refractivity contribution in [2.24, 2.45) is 0 Å². The van der Waals surface area contributed by atoms with Gasteiger partial charge in [0.2, 0.25) is 5.91 Å². The average Bonchev–Trinajstić information content (AvgIpc) is 2.82. The lowest BCUT2D eigenvalue weighted by molar-refractivity contribution is -0.143. The second-order valence-electron chi connectivity index (χ2n) is 10.4. The molecule has 37 heavy (non-hydrogen) atoms. The Balaban J connectivity index is 2.50. The van der Waals surface area contributed by atoms with Crippen molar-refractivity contribution in [3.63, 3.8) is 0 Å². The molecule has 3 unspecified atom stereocenters. The summed E-state index contributed by atoms with van der Waals surface area (Å²) < 4.78 is 10.6. The van der Waals surface area contributed by atoms with Crippen LogP contribution in [0.15, 0.2) is 42.5 Å². The third-order valence-corrected chi connectivity index (χ3v) is 6.04. The second-order valence-corrected chi connectivity index (χ2v) is 10.4. The van der Waals surface area contributed by atoms with E-state index in [1.807, 2.05) is 45.9 Å². The molecule has 0 radical (unpaired) electrons. The number of aryl methyl sites for hydroxylation is 2. The number of nitrogens with one attached hydrogen (secondary N) is 2. The van der Waals surface area contributed by atoms with Gasteiger partial charge in [0.25, 0.3) is 5.91 Å². The standard InChI is InChI=1S/C29H41N3O5/c1-10-20(4)32(27(34)21(5)30-28(35)37-29(6,7)8)25(24-17-18(2)11-12-19(24)3)26(33)31-22-13-15-23(36-9)16-14-22/h11-17,20-21,25H,10H2,1-9H3,(H,30,35)(H,31,33). The van der Waals surface area contributed by atoms with Crippen LogP contribution in [0, 0.1) is 13.8 Å². The van der Waals surface area contributed by atoms with Gasteiger partial charge in [0.05, 0.1) is 7.11 Å². The smallest absolute Gasteiger partial charge is 0.408 e. The SMILES string of the molecule is CCC(C)N(C(=O)C(C)NC(=O)OC(C)(C)C)C(C(=O)Nc1ccc(OC)cc1)c1cc(C)ccc1C. The quantitative estimate of drug-likeness (QED) is 0.461. The highest BCUT2D eigenvalue weighted by atomic mass is 16.6. The monoisotopic (exact) mass is 511 g/mol. The number of alkyl carbamates (subject to hydrolysis) is 1. The minimum absolute atomic E-state index is 0.290. The molecule has 0 saturated heterocycles. The first-order valence-corrected chi connectivity index (χ1v) is 12.6. The Labute approximate surface area is 220 Å². The van der Waals surface area contributed by atoms with Crippen molar-refractivity contribution in [3.05, 3.63) is 59.2 Å². The van der Waals surface area contributed by atoms with Crippen LogP contribution in [0.25, 0.3) is 0 Å². The van der Waals surface area contributed by atoms with E-state index in [0.717, 1.165) is 16.7 Å². The lowest BCUT2D eigenvalue weighted by Gasteiger charge is -2.38. The van der Waals surface area contributed by atoms with E-state index in [0.29, 0.717) is 17.9 Å². The Kier molecular flexibility index (Phi) is 10.1. The Morgan fingerprint density at radius 3 is 2.16 bits per heavy atom. The molecule has 0 aliphatic heterocycles. The van der Waals surface area contributed by atoms with Crippen molar-refractivity contribution in [3.8, 4) is 5.75 Å². The van der Waals surface area contributed by atoms with Crippen LogP contribution in [0.4, 0.5) is 10.5 Å². The van der Waals surface area contributed by atoms with Gasteiger partial charge in [-0.25, -0.2) is 4.79 Å². The summed E-state index contributed by atoms with van der Waals surface area (Å²) in [7, 11) is 1.58. The van der Waals surface area contributed by atoms with Gasteiger partial charge in [-0.15, -0.1) is 0 Å². The van der Waals surface area contributed by atoms with Gasteiger partial charge in [0, 0.05) is 11.7 Å². The molecule has 0 aliphatic rings. The van der Waals surface area contributed by atoms with E-state index >= 15 is 0 Å². The van der Waals surface area contributed by atoms with Crippen molar-refractivity contribution >= 4 is 23.6 Å². The van der Waals surface area contributed by atoms with Crippen LogP contribution >= 0.6 is 0 Å². The summed E-state index contributed by atoms with van der Waals surface area (Å²) >= 11 is 0. The number of ether oxygens (including phenoxy) is 2. The lowest BCUT2D eigenvalue weighted by atomic mass is 9.94. The molecule has 2 rings (SSSR count). The number of nitrogens with zero attached hydrogens (tertiary/aromatic N) is 1. The van der Waals surface area contributed by atoms with Crippen LogP contribution in [0.1, 0.15) is 70.7 Å². The van der Waals surface area contributed by atoms with Crippen molar-refractivity contribution in [2.75, 3.05) is 12.4 Å². The molecule has 0 aliphatic carbocycles. The topological polar surface area (TPSA) is 97.0 Å². The van der Waals surface area contributed by atoms with Gasteiger partial charge in [0.15, 0.2) is 0 Å². The molecule has 0 saturated carbocycles. The fraction of sp³-hybridized carbons (Fsp3) is 0.483. The van der Waals surface area contributed by atoms with E-state index < -0.39 is 23.8 Å². The highest BCUT2D eigenvalue weighted by Gasteiger charge is 2.38. The number of amides is 3. The van der Waals surface area contributed by atoms with Crippen LogP contribution in [0.2, 0.25) is 0 Å². The maximum Gasteiger partial charge on any atom is 0.408 e. The van der Waals surface area contributed by atoms with Crippen LogP contribution in [-0.2, 0) is 14.3 Å². The minimum Gasteiger partial charge on any atom is -0.497 e. The summed E-state index contributed by atoms with van der Waals surface area (Å²) in [5.41, 5.74) is 2.46. The summed E-state index contributed by atoms with van der Waals surface area (Å²) in [6.07, 6.45) is -0.0781. The number of methoxy groups -OCH3 is 1. The number of rotatable bonds is 9. The third-order valence-electron chi connectivity index (χ3n) is 6.04. The van der Waals surface area contributed by atoms with Gasteiger partial charge >= 0.3 is 6.09 Å². The van der Waals surface area contributed by atoms with Gasteiger partial charge in [-0.2, -0.15) is 0 Å². The molecular formula is C29H41N3O5. The first kappa shape index (κ1) is 29.7. The van der Waals surface area contributed by atoms with Gasteiger partial charge in [-0.3, -0.25) is 9.59 Å². The molecule has 0 spiro atoms. The maximum absolute atomic E-state index is 13.9. The summed E-state index contributed by atoms with van der Waals surface area (Å²) in [4.78, 5) is 41.7. The molecular weight excluding hydrogens is 470 g/mol. The zero-order valence-electron chi connectivity index (χ0n) is 23.5. The number of benzene rings is 2. The Morgan fingerprint density at radius 2 is 1.62 bits per heavy atom. The van der Waals surface area contributed by atoms with Gasteiger partial charge < -0.3 is 25.0 Å². The van der Waals surface area contributed by atoms with Crippen molar-refractivity contribution < 1.29 is 23.9 Å². The minimum atomic E-state index is -0.924. The van der Waals surface area contributed by atoms with Gasteiger partial charge in [-0.05, 0) is 90.3 Å². The summed E-state index contributed by atoms with van der Waals surface area (Å²) in [5, 5.41) is 5.59. The van der Waals surface area contributed by atoms with Crippen LogP contribution in [-0.4, -0.2) is 47.6 Å². The molecule has 0 bridgehead atoms. The van der Waals surface area contributed by atoms with Crippen LogP contribution < -0.4 is 15.4 Å². The van der Waals surface area contributed by atoms with Crippen molar-refractivity contribution in [2.45, 2.75) is 85.5 Å². The van der Waals surface area contributed by atoms with Crippen LogP contribution in [0.3, 0.4) is 0 Å². The molecule has 2 aromatic rings. The average molecular weight is 512 g/mol. The molecule has 8 heteroatoms. The number of hydrogen-bond donors (Lipinski definition) is 2. The largest absolute Gasteiger partial charge is 0.497 e. The fourth-order valence-corrected chi connectivity index (χ4v) is 3.92. The molecule has 0 fully saturated rings. The van der Waals surface area contributed by atoms with Gasteiger partial charge in [-0.1, -0.05) is 30.7 Å². The van der Waals surface area contributed by atoms with E-state index in [1.54, 1.807) is 64.0 Å². The Morgan fingerprint density at radius 1 is 1.00 bits per heavy atom. The zero-order valence-corrected chi connectivity index (χ0v) is 23.5. The van der Waals surface area contributed by atoms with E-state index in [9.17, 15) is 14.4 Å². The van der Waals surface area contributed by atoms with Crippen LogP contribution in [0.5, 0.6) is 5.75 Å². The molecule has 8 nitrogen and oxygen atoms in total. The summed E-state index contributed by atoms with van der Waals surface area (Å²) in [6.45, 7) is 14.6. The maximum atomic E-state index is 13.9. The first-order valence-electron chi connectivity index (χ1n) is 12.6. The highest BCUT2D eigenvalue weighted by molar-refractivity contribution is 5.99. The molecule has 2 N–H and O–H groups in total. The zero-order chi connectivity index (χ0) is 27.9. The number of hydrogen-bond acceptors (Lipinski definition) is 5. The van der Waals surface area contributed by atoms with Gasteiger partial charge in [0.1, 0.15) is 23.4 Å². The number of carbonyl (C=O) groups excluding carboxylic acids is 3. The Hall–Kier alpha value is -3.55. The summed E-state index contributed by atoms with van der Waals surface area (Å²) in [5.74, 6) is -0.0597. The molecule has 3 atom stereocenters. The lowest BCUT2D eigenvalue weighted by Crippen LogP contribution is -2.54. The van der Waals surface area contributed by atoms with Crippen molar-refractivity contribution in [1.82, 2.24) is 10.2 Å². The number of carbonyl (C=O) groups is 3. The predicted octanol–water partition coefficient (Wildman–Crippen LogP) is 5.53. The highest BCUT2D eigenvalue weighted by Crippen LogP contribution is 2.30. The van der Waals surface area contributed by atoms with E-state index in [-0.39, 0.29) is 17.9 Å². The van der Waals surface area contributed by atoms with E-state index in [2.05, 4.69) is 10.6 Å². The molecule has 202 valence electrons. The number of anilines is 1. The summed E-state index contributed by atoms with van der Waals surface area (Å²) in [6, 6.07) is 10.7. The van der Waals surface area contributed by atoms with E-state index in [4.69, 9.17) is 9.47 Å². The molecule has 3 amide bonds. The molecule has 0 aromatic heterocycles. The van der Waals surface area contributed by atoms with Crippen molar-refractivity contribution in [1.29, 1.82) is 0 Å². The molecule has 2 aromatic carbocycles. The third kappa shape index (κ3) is 8.23. The van der Waals surface area contributed by atoms with E-state index in [1.165, 1.54) is 0 Å². The first-order chi connectivity index (χ1) is 17.3. The fourth-order valence-electron chi connectivity index (χ4n) is 3.92. The second kappa shape index (κ2) is 12.6. The molecule has 0 heterocycles.